The predicted octanol–water partition coefficient (Wildman–Crippen LogP) is 10.9. The van der Waals surface area contributed by atoms with Crippen molar-refractivity contribution < 1.29 is 44.2 Å². The van der Waals surface area contributed by atoms with Crippen LogP contribution >= 0.6 is 0 Å². The maximum absolute atomic E-state index is 12.8. The molecule has 0 bridgehead atoms. The molecule has 0 amide bonds. The van der Waals surface area contributed by atoms with E-state index in [4.69, 9.17) is 18.9 Å². The Bertz CT molecular complexity index is 1130. The molecule has 0 spiro atoms. The molecule has 9 heteroatoms. The smallest absolute Gasteiger partial charge is 0.306 e. The first-order valence-corrected chi connectivity index (χ1v) is 23.5. The van der Waals surface area contributed by atoms with Gasteiger partial charge in [0.2, 0.25) is 0 Å². The van der Waals surface area contributed by atoms with Gasteiger partial charge in [-0.15, -0.1) is 0 Å². The van der Waals surface area contributed by atoms with Gasteiger partial charge in [-0.05, 0) is 83.5 Å². The van der Waals surface area contributed by atoms with Crippen LogP contribution in [0.15, 0.2) is 72.9 Å². The Morgan fingerprint density at radius 2 is 1.03 bits per heavy atom. The Morgan fingerprint density at radius 1 is 0.559 bits per heavy atom. The summed E-state index contributed by atoms with van der Waals surface area (Å²) in [6.45, 7) is 4.38. The zero-order valence-corrected chi connectivity index (χ0v) is 37.2. The lowest BCUT2D eigenvalue weighted by Gasteiger charge is -2.39. The minimum atomic E-state index is -1.54. The Hall–Kier alpha value is -2.37. The zero-order chi connectivity index (χ0) is 42.9. The molecule has 0 radical (unpaired) electrons. The van der Waals surface area contributed by atoms with Gasteiger partial charge in [0.05, 0.1) is 19.8 Å². The number of aliphatic hydroxyl groups excluding tert-OH is 4. The zero-order valence-electron chi connectivity index (χ0n) is 37.2. The van der Waals surface area contributed by atoms with Crippen LogP contribution in [0.4, 0.5) is 0 Å². The number of carbonyl (C=O) groups is 1. The summed E-state index contributed by atoms with van der Waals surface area (Å²) in [5.41, 5.74) is 0. The summed E-state index contributed by atoms with van der Waals surface area (Å²) in [6, 6.07) is 0. The molecule has 59 heavy (non-hydrogen) atoms. The lowest BCUT2D eigenvalue weighted by atomic mass is 9.99. The number of hydrogen-bond donors (Lipinski definition) is 4. The van der Waals surface area contributed by atoms with E-state index in [1.165, 1.54) is 57.8 Å². The van der Waals surface area contributed by atoms with Crippen LogP contribution in [0, 0.1) is 0 Å². The number of allylic oxidation sites excluding steroid dienone is 12. The lowest BCUT2D eigenvalue weighted by molar-refractivity contribution is -0.305. The second-order valence-corrected chi connectivity index (χ2v) is 15.8. The third-order valence-electron chi connectivity index (χ3n) is 10.4. The topological polar surface area (TPSA) is 135 Å². The summed E-state index contributed by atoms with van der Waals surface area (Å²) in [7, 11) is 0. The normalized spacial score (nSPS) is 20.8. The molecule has 4 N–H and O–H groups in total. The van der Waals surface area contributed by atoms with Crippen molar-refractivity contribution >= 4 is 5.97 Å². The van der Waals surface area contributed by atoms with E-state index in [0.717, 1.165) is 96.3 Å². The van der Waals surface area contributed by atoms with Crippen LogP contribution in [0.3, 0.4) is 0 Å². The maximum Gasteiger partial charge on any atom is 0.306 e. The van der Waals surface area contributed by atoms with E-state index in [-0.39, 0.29) is 19.2 Å². The van der Waals surface area contributed by atoms with Crippen LogP contribution in [0.5, 0.6) is 0 Å². The first kappa shape index (κ1) is 54.6. The first-order chi connectivity index (χ1) is 28.9. The number of rotatable bonds is 39. The third-order valence-corrected chi connectivity index (χ3v) is 10.4. The van der Waals surface area contributed by atoms with Crippen LogP contribution < -0.4 is 0 Å². The Kier molecular flexibility index (Phi) is 38.0. The fourth-order valence-electron chi connectivity index (χ4n) is 6.69. The van der Waals surface area contributed by atoms with Gasteiger partial charge < -0.3 is 39.4 Å². The fraction of sp³-hybridized carbons (Fsp3) is 0.740. The second kappa shape index (κ2) is 41.0. The van der Waals surface area contributed by atoms with Crippen molar-refractivity contribution in [3.8, 4) is 0 Å². The molecule has 0 aromatic heterocycles. The van der Waals surface area contributed by atoms with Gasteiger partial charge in [-0.1, -0.05) is 157 Å². The number of ether oxygens (including phenoxy) is 4. The highest BCUT2D eigenvalue weighted by atomic mass is 16.7. The Morgan fingerprint density at radius 3 is 1.56 bits per heavy atom. The largest absolute Gasteiger partial charge is 0.457 e. The summed E-state index contributed by atoms with van der Waals surface area (Å²) in [5.74, 6) is -0.334. The molecule has 6 unspecified atom stereocenters. The molecule has 0 aromatic carbocycles. The van der Waals surface area contributed by atoms with Gasteiger partial charge in [0, 0.05) is 13.0 Å². The Balaban J connectivity index is 2.27. The summed E-state index contributed by atoms with van der Waals surface area (Å²) < 4.78 is 22.8. The van der Waals surface area contributed by atoms with Gasteiger partial charge >= 0.3 is 5.97 Å². The quantitative estimate of drug-likeness (QED) is 0.0271. The molecule has 1 heterocycles. The van der Waals surface area contributed by atoms with Crippen molar-refractivity contribution in [1.82, 2.24) is 0 Å². The monoisotopic (exact) mass is 831 g/mol. The van der Waals surface area contributed by atoms with E-state index in [9.17, 15) is 25.2 Å². The maximum atomic E-state index is 12.8. The molecule has 1 aliphatic rings. The van der Waals surface area contributed by atoms with E-state index in [2.05, 4.69) is 86.8 Å². The van der Waals surface area contributed by atoms with Crippen molar-refractivity contribution in [2.75, 3.05) is 26.4 Å². The molecule has 1 fully saturated rings. The molecule has 0 saturated carbocycles. The SMILES string of the molecule is CC/C=C\C/C=C\C/C=C\C/C=C\CCCCCCCCCOCC(COC1OC(CO)C(O)C(O)C1O)OC(=O)CCCCCCC/C=C\C/C=C\CCCCCC. The van der Waals surface area contributed by atoms with Crippen molar-refractivity contribution in [3.05, 3.63) is 72.9 Å². The molecule has 6 atom stereocenters. The van der Waals surface area contributed by atoms with Crippen molar-refractivity contribution in [2.45, 2.75) is 211 Å². The lowest BCUT2D eigenvalue weighted by Crippen LogP contribution is -2.59. The molecule has 1 rings (SSSR count). The summed E-state index contributed by atoms with van der Waals surface area (Å²) in [4.78, 5) is 12.8. The van der Waals surface area contributed by atoms with Gasteiger partial charge in [-0.3, -0.25) is 4.79 Å². The molecule has 0 aliphatic carbocycles. The summed E-state index contributed by atoms with van der Waals surface area (Å²) in [5, 5.41) is 40.2. The molecular formula is C50H86O9. The average molecular weight is 831 g/mol. The summed E-state index contributed by atoms with van der Waals surface area (Å²) >= 11 is 0. The van der Waals surface area contributed by atoms with Crippen LogP contribution in [0.2, 0.25) is 0 Å². The van der Waals surface area contributed by atoms with Gasteiger partial charge in [0.1, 0.15) is 30.5 Å². The van der Waals surface area contributed by atoms with Crippen molar-refractivity contribution in [1.29, 1.82) is 0 Å². The minimum absolute atomic E-state index is 0.127. The molecule has 9 nitrogen and oxygen atoms in total. The minimum Gasteiger partial charge on any atom is -0.457 e. The van der Waals surface area contributed by atoms with Crippen molar-refractivity contribution in [3.63, 3.8) is 0 Å². The van der Waals surface area contributed by atoms with Crippen LogP contribution in [-0.4, -0.2) is 89.6 Å². The summed E-state index contributed by atoms with van der Waals surface area (Å²) in [6.07, 6.45) is 46.4. The highest BCUT2D eigenvalue weighted by Crippen LogP contribution is 2.22. The fourth-order valence-corrected chi connectivity index (χ4v) is 6.69. The van der Waals surface area contributed by atoms with Gasteiger partial charge in [0.25, 0.3) is 0 Å². The third kappa shape index (κ3) is 32.1. The number of hydrogen-bond acceptors (Lipinski definition) is 9. The predicted molar refractivity (Wildman–Crippen MR) is 242 cm³/mol. The van der Waals surface area contributed by atoms with Crippen LogP contribution in [0.1, 0.15) is 174 Å². The first-order valence-electron chi connectivity index (χ1n) is 23.5. The molecule has 1 aliphatic heterocycles. The standard InChI is InChI=1S/C50H86O9/c1-3-5-7-9-11-13-15-17-19-21-22-23-24-26-28-30-32-34-36-38-40-56-42-44(43-57-50-49(55)48(54)47(53)45(41-51)59-50)58-46(52)39-37-35-33-31-29-27-25-20-18-16-14-12-10-8-6-4-2/h5,7,11,13-14,16-17,19-20,22-23,25,44-45,47-51,53-55H,3-4,6,8-10,12,15,18,21,24,26-43H2,1-2H3/b7-5-,13-11-,16-14-,19-17-,23-22-,25-20-. The highest BCUT2D eigenvalue weighted by Gasteiger charge is 2.44. The van der Waals surface area contributed by atoms with Gasteiger partial charge in [0.15, 0.2) is 6.29 Å². The number of unbranched alkanes of at least 4 members (excludes halogenated alkanes) is 16. The number of carbonyl (C=O) groups excluding carboxylic acids is 1. The van der Waals surface area contributed by atoms with E-state index in [1.54, 1.807) is 0 Å². The second-order valence-electron chi connectivity index (χ2n) is 15.8. The van der Waals surface area contributed by atoms with Crippen molar-refractivity contribution in [2.24, 2.45) is 0 Å². The van der Waals surface area contributed by atoms with Crippen LogP contribution in [0.25, 0.3) is 0 Å². The van der Waals surface area contributed by atoms with E-state index in [1.807, 2.05) is 0 Å². The van der Waals surface area contributed by atoms with E-state index >= 15 is 0 Å². The molecule has 0 aromatic rings. The number of aliphatic hydroxyl groups is 4. The van der Waals surface area contributed by atoms with Gasteiger partial charge in [-0.25, -0.2) is 0 Å². The molecule has 340 valence electrons. The highest BCUT2D eigenvalue weighted by molar-refractivity contribution is 5.69. The Labute approximate surface area is 359 Å². The average Bonchev–Trinajstić information content (AvgIpc) is 3.24. The van der Waals surface area contributed by atoms with Crippen LogP contribution in [-0.2, 0) is 23.7 Å². The molecule has 1 saturated heterocycles. The number of esters is 1. The molecular weight excluding hydrogens is 745 g/mol. The van der Waals surface area contributed by atoms with Gasteiger partial charge in [-0.2, -0.15) is 0 Å². The van der Waals surface area contributed by atoms with E-state index in [0.29, 0.717) is 13.0 Å². The van der Waals surface area contributed by atoms with E-state index < -0.39 is 43.4 Å².